The molecule has 0 aromatic heterocycles. The van der Waals surface area contributed by atoms with Crippen LogP contribution in [0, 0.1) is 0 Å². The van der Waals surface area contributed by atoms with Crippen LogP contribution < -0.4 is 10.0 Å². The number of rotatable bonds is 10. The molecule has 0 saturated heterocycles. The van der Waals surface area contributed by atoms with Crippen molar-refractivity contribution in [2.75, 3.05) is 26.8 Å². The molecule has 1 amide bonds. The number of benzene rings is 1. The van der Waals surface area contributed by atoms with Crippen LogP contribution in [-0.4, -0.2) is 41.1 Å². The van der Waals surface area contributed by atoms with E-state index in [0.29, 0.717) is 31.7 Å². The molecule has 0 bridgehead atoms. The molecule has 1 aliphatic carbocycles. The van der Waals surface area contributed by atoms with Gasteiger partial charge >= 0.3 is 0 Å². The lowest BCUT2D eigenvalue weighted by Crippen LogP contribution is -2.27. The number of hydrogen-bond acceptors (Lipinski definition) is 4. The highest BCUT2D eigenvalue weighted by molar-refractivity contribution is 7.89. The van der Waals surface area contributed by atoms with Crippen LogP contribution in [0.1, 0.15) is 48.9 Å². The van der Waals surface area contributed by atoms with Crippen LogP contribution in [0.25, 0.3) is 0 Å². The summed E-state index contributed by atoms with van der Waals surface area (Å²) < 4.78 is 32.0. The summed E-state index contributed by atoms with van der Waals surface area (Å²) in [5, 5.41) is 2.87. The van der Waals surface area contributed by atoms with Crippen LogP contribution in [0.2, 0.25) is 0 Å². The van der Waals surface area contributed by atoms with Gasteiger partial charge in [-0.15, -0.1) is 0 Å². The Labute approximate surface area is 156 Å². The molecule has 1 aromatic rings. The minimum atomic E-state index is -3.63. The van der Waals surface area contributed by atoms with Crippen molar-refractivity contribution in [2.24, 2.45) is 0 Å². The molecule has 0 fully saturated rings. The highest BCUT2D eigenvalue weighted by atomic mass is 32.2. The molecule has 0 saturated carbocycles. The Morgan fingerprint density at radius 2 is 2.08 bits per heavy atom. The van der Waals surface area contributed by atoms with Gasteiger partial charge in [0.05, 0.1) is 4.90 Å². The van der Waals surface area contributed by atoms with Gasteiger partial charge < -0.3 is 10.1 Å². The Hall–Kier alpha value is -1.70. The molecule has 1 aliphatic rings. The van der Waals surface area contributed by atoms with Gasteiger partial charge in [-0.05, 0) is 56.7 Å². The fourth-order valence-corrected chi connectivity index (χ4v) is 4.00. The van der Waals surface area contributed by atoms with E-state index in [1.54, 1.807) is 19.2 Å². The van der Waals surface area contributed by atoms with Gasteiger partial charge in [0.15, 0.2) is 0 Å². The third-order valence-electron chi connectivity index (χ3n) is 4.34. The molecule has 7 heteroatoms. The first-order valence-corrected chi connectivity index (χ1v) is 10.6. The zero-order chi connectivity index (χ0) is 18.8. The molecule has 6 nitrogen and oxygen atoms in total. The molecule has 2 N–H and O–H groups in total. The van der Waals surface area contributed by atoms with Crippen LogP contribution in [0.4, 0.5) is 0 Å². The van der Waals surface area contributed by atoms with Crippen molar-refractivity contribution >= 4 is 15.9 Å². The van der Waals surface area contributed by atoms with Gasteiger partial charge in [-0.3, -0.25) is 4.79 Å². The lowest BCUT2D eigenvalue weighted by molar-refractivity contribution is 0.0954. The summed E-state index contributed by atoms with van der Waals surface area (Å²) in [5.41, 5.74) is 1.75. The molecule has 0 heterocycles. The normalized spacial score (nSPS) is 14.7. The van der Waals surface area contributed by atoms with E-state index in [4.69, 9.17) is 4.74 Å². The summed E-state index contributed by atoms with van der Waals surface area (Å²) >= 11 is 0. The van der Waals surface area contributed by atoms with Crippen molar-refractivity contribution in [2.45, 2.75) is 43.4 Å². The van der Waals surface area contributed by atoms with Crippen LogP contribution >= 0.6 is 0 Å². The summed E-state index contributed by atoms with van der Waals surface area (Å²) in [6.07, 6.45) is 8.40. The van der Waals surface area contributed by atoms with Gasteiger partial charge in [-0.1, -0.05) is 17.7 Å². The molecular formula is C19H28N2O4S. The molecule has 0 aliphatic heterocycles. The van der Waals surface area contributed by atoms with E-state index in [-0.39, 0.29) is 10.8 Å². The second-order valence-electron chi connectivity index (χ2n) is 6.39. The van der Waals surface area contributed by atoms with E-state index in [1.807, 2.05) is 0 Å². The van der Waals surface area contributed by atoms with Crippen LogP contribution in [-0.2, 0) is 14.8 Å². The first-order valence-electron chi connectivity index (χ1n) is 9.08. The number of nitrogens with one attached hydrogen (secondary N) is 2. The van der Waals surface area contributed by atoms with E-state index in [2.05, 4.69) is 16.1 Å². The number of amides is 1. The van der Waals surface area contributed by atoms with Crippen molar-refractivity contribution < 1.29 is 17.9 Å². The Morgan fingerprint density at radius 1 is 1.23 bits per heavy atom. The fraction of sp³-hybridized carbons (Fsp3) is 0.526. The van der Waals surface area contributed by atoms with Gasteiger partial charge in [-0.2, -0.15) is 0 Å². The molecule has 0 unspecified atom stereocenters. The first-order chi connectivity index (χ1) is 12.5. The Kier molecular flexibility index (Phi) is 8.28. The zero-order valence-electron chi connectivity index (χ0n) is 15.3. The standard InChI is InChI=1S/C19H28N2O4S/c1-25-14-6-12-21-26(23,24)18-10-5-9-17(15-18)19(22)20-13-11-16-7-3-2-4-8-16/h5,7,9-10,15,21H,2-4,6,8,11-14H2,1H3,(H,20,22). The first kappa shape index (κ1) is 20.6. The van der Waals surface area contributed by atoms with E-state index < -0.39 is 10.0 Å². The maximum absolute atomic E-state index is 12.3. The van der Waals surface area contributed by atoms with E-state index in [9.17, 15) is 13.2 Å². The Balaban J connectivity index is 1.90. The van der Waals surface area contributed by atoms with Gasteiger partial charge in [-0.25, -0.2) is 13.1 Å². The molecule has 0 atom stereocenters. The van der Waals surface area contributed by atoms with E-state index >= 15 is 0 Å². The largest absolute Gasteiger partial charge is 0.385 e. The Morgan fingerprint density at radius 3 is 2.81 bits per heavy atom. The highest BCUT2D eigenvalue weighted by Gasteiger charge is 2.16. The van der Waals surface area contributed by atoms with Crippen LogP contribution in [0.5, 0.6) is 0 Å². The molecule has 0 spiro atoms. The highest BCUT2D eigenvalue weighted by Crippen LogP contribution is 2.19. The topological polar surface area (TPSA) is 84.5 Å². The smallest absolute Gasteiger partial charge is 0.251 e. The van der Waals surface area contributed by atoms with Gasteiger partial charge in [0, 0.05) is 32.4 Å². The summed E-state index contributed by atoms with van der Waals surface area (Å²) in [5.74, 6) is -0.252. The average Bonchev–Trinajstić information content (AvgIpc) is 2.66. The number of carbonyl (C=O) groups excluding carboxylic acids is 1. The molecular weight excluding hydrogens is 352 g/mol. The number of hydrogen-bond donors (Lipinski definition) is 2. The SMILES string of the molecule is COCCCNS(=O)(=O)c1cccc(C(=O)NCCC2=CCCCC2)c1. The number of allylic oxidation sites excluding steroid dienone is 1. The number of ether oxygens (including phenoxy) is 1. The second kappa shape index (κ2) is 10.4. The number of methoxy groups -OCH3 is 1. The van der Waals surface area contributed by atoms with Gasteiger partial charge in [0.25, 0.3) is 5.91 Å². The van der Waals surface area contributed by atoms with E-state index in [0.717, 1.165) is 19.3 Å². The second-order valence-corrected chi connectivity index (χ2v) is 8.15. The summed E-state index contributed by atoms with van der Waals surface area (Å²) in [6.45, 7) is 1.35. The Bertz CT molecular complexity index is 729. The van der Waals surface area contributed by atoms with Crippen molar-refractivity contribution in [1.82, 2.24) is 10.0 Å². The van der Waals surface area contributed by atoms with Gasteiger partial charge in [0.2, 0.25) is 10.0 Å². The number of sulfonamides is 1. The lowest BCUT2D eigenvalue weighted by Gasteiger charge is -2.13. The minimum absolute atomic E-state index is 0.0950. The number of carbonyl (C=O) groups is 1. The minimum Gasteiger partial charge on any atom is -0.385 e. The third-order valence-corrected chi connectivity index (χ3v) is 5.80. The quantitative estimate of drug-likeness (QED) is 0.483. The molecule has 2 rings (SSSR count). The van der Waals surface area contributed by atoms with Crippen molar-refractivity contribution in [3.63, 3.8) is 0 Å². The monoisotopic (exact) mass is 380 g/mol. The van der Waals surface area contributed by atoms with E-state index in [1.165, 1.54) is 30.5 Å². The van der Waals surface area contributed by atoms with Crippen LogP contribution in [0.15, 0.2) is 40.8 Å². The molecule has 1 aromatic carbocycles. The maximum atomic E-state index is 12.3. The summed E-state index contributed by atoms with van der Waals surface area (Å²) in [6, 6.07) is 6.11. The molecule has 0 radical (unpaired) electrons. The predicted molar refractivity (Wildman–Crippen MR) is 102 cm³/mol. The van der Waals surface area contributed by atoms with Crippen molar-refractivity contribution in [3.05, 3.63) is 41.5 Å². The fourth-order valence-electron chi connectivity index (χ4n) is 2.88. The molecule has 144 valence electrons. The van der Waals surface area contributed by atoms with Gasteiger partial charge in [0.1, 0.15) is 0 Å². The summed E-state index contributed by atoms with van der Waals surface area (Å²) in [7, 11) is -2.06. The van der Waals surface area contributed by atoms with Crippen molar-refractivity contribution in [1.29, 1.82) is 0 Å². The third kappa shape index (κ3) is 6.55. The molecule has 26 heavy (non-hydrogen) atoms. The van der Waals surface area contributed by atoms with Crippen molar-refractivity contribution in [3.8, 4) is 0 Å². The lowest BCUT2D eigenvalue weighted by atomic mass is 9.97. The summed E-state index contributed by atoms with van der Waals surface area (Å²) in [4.78, 5) is 12.4. The maximum Gasteiger partial charge on any atom is 0.251 e. The zero-order valence-corrected chi connectivity index (χ0v) is 16.1. The predicted octanol–water partition coefficient (Wildman–Crippen LogP) is 2.62. The average molecular weight is 381 g/mol. The van der Waals surface area contributed by atoms with Crippen LogP contribution in [0.3, 0.4) is 0 Å².